The van der Waals surface area contributed by atoms with Crippen molar-refractivity contribution in [2.45, 2.75) is 39.5 Å². The number of benzene rings is 1. The normalized spacial score (nSPS) is 20.7. The number of carbonyl (C=O) groups is 2. The number of nitrogens with zero attached hydrogens (tertiary/aromatic N) is 1. The van der Waals surface area contributed by atoms with E-state index in [0.717, 1.165) is 25.7 Å². The van der Waals surface area contributed by atoms with Gasteiger partial charge in [0.1, 0.15) is 0 Å². The van der Waals surface area contributed by atoms with E-state index in [-0.39, 0.29) is 17.2 Å². The van der Waals surface area contributed by atoms with Crippen molar-refractivity contribution in [3.63, 3.8) is 0 Å². The van der Waals surface area contributed by atoms with Gasteiger partial charge >= 0.3 is 5.97 Å². The van der Waals surface area contributed by atoms with E-state index in [0.29, 0.717) is 43.4 Å². The SMILES string of the molecule is CCCOc1ccc(C(=O)N2CCC3(CC2)CC3C(=O)O)cc1OCC. The van der Waals surface area contributed by atoms with Crippen molar-refractivity contribution in [1.82, 2.24) is 4.90 Å². The van der Waals surface area contributed by atoms with Gasteiger partial charge in [0.15, 0.2) is 11.5 Å². The smallest absolute Gasteiger partial charge is 0.307 e. The third-order valence-corrected chi connectivity index (χ3v) is 5.49. The molecule has 26 heavy (non-hydrogen) atoms. The molecule has 1 spiro atoms. The van der Waals surface area contributed by atoms with Crippen molar-refractivity contribution >= 4 is 11.9 Å². The third kappa shape index (κ3) is 3.64. The molecular weight excluding hydrogens is 334 g/mol. The number of hydrogen-bond acceptors (Lipinski definition) is 4. The van der Waals surface area contributed by atoms with E-state index in [1.54, 1.807) is 18.2 Å². The fraction of sp³-hybridized carbons (Fsp3) is 0.600. The van der Waals surface area contributed by atoms with Gasteiger partial charge in [0, 0.05) is 18.7 Å². The molecule has 6 nitrogen and oxygen atoms in total. The van der Waals surface area contributed by atoms with E-state index in [4.69, 9.17) is 9.47 Å². The molecule has 1 atom stereocenters. The number of hydrogen-bond donors (Lipinski definition) is 1. The van der Waals surface area contributed by atoms with Crippen LogP contribution in [0.3, 0.4) is 0 Å². The molecule has 1 amide bonds. The number of ether oxygens (including phenoxy) is 2. The lowest BCUT2D eigenvalue weighted by molar-refractivity contribution is -0.139. The van der Waals surface area contributed by atoms with E-state index in [9.17, 15) is 14.7 Å². The Morgan fingerprint density at radius 1 is 1.19 bits per heavy atom. The molecule has 0 bridgehead atoms. The van der Waals surface area contributed by atoms with Crippen LogP contribution in [0.5, 0.6) is 11.5 Å². The molecule has 1 saturated heterocycles. The predicted molar refractivity (Wildman–Crippen MR) is 96.7 cm³/mol. The number of carbonyl (C=O) groups excluding carboxylic acids is 1. The van der Waals surface area contributed by atoms with Crippen molar-refractivity contribution in [3.05, 3.63) is 23.8 Å². The molecule has 1 N–H and O–H groups in total. The quantitative estimate of drug-likeness (QED) is 0.807. The Morgan fingerprint density at radius 3 is 2.50 bits per heavy atom. The second kappa shape index (κ2) is 7.56. The molecule has 2 fully saturated rings. The van der Waals surface area contributed by atoms with Gasteiger partial charge in [0.25, 0.3) is 5.91 Å². The van der Waals surface area contributed by atoms with Gasteiger partial charge in [-0.05, 0) is 56.2 Å². The van der Waals surface area contributed by atoms with Gasteiger partial charge in [-0.15, -0.1) is 0 Å². The lowest BCUT2D eigenvalue weighted by Gasteiger charge is -2.32. The zero-order chi connectivity index (χ0) is 18.7. The summed E-state index contributed by atoms with van der Waals surface area (Å²) < 4.78 is 11.3. The lowest BCUT2D eigenvalue weighted by Crippen LogP contribution is -2.40. The van der Waals surface area contributed by atoms with Crippen LogP contribution in [0.4, 0.5) is 0 Å². The lowest BCUT2D eigenvalue weighted by atomic mass is 9.90. The summed E-state index contributed by atoms with van der Waals surface area (Å²) in [6, 6.07) is 5.32. The Hall–Kier alpha value is -2.24. The molecule has 6 heteroatoms. The van der Waals surface area contributed by atoms with Crippen LogP contribution >= 0.6 is 0 Å². The standard InChI is InChI=1S/C20H27NO5/c1-3-11-26-16-6-5-14(12-17(16)25-4-2)18(22)21-9-7-20(8-10-21)13-15(20)19(23)24/h5-6,12,15H,3-4,7-11,13H2,1-2H3,(H,23,24). The van der Waals surface area contributed by atoms with Crippen molar-refractivity contribution in [3.8, 4) is 11.5 Å². The first kappa shape index (κ1) is 18.5. The maximum absolute atomic E-state index is 12.8. The maximum atomic E-state index is 12.8. The first-order valence-electron chi connectivity index (χ1n) is 9.42. The largest absolute Gasteiger partial charge is 0.490 e. The van der Waals surface area contributed by atoms with E-state index in [2.05, 4.69) is 0 Å². The first-order chi connectivity index (χ1) is 12.5. The fourth-order valence-electron chi connectivity index (χ4n) is 3.83. The number of aliphatic carboxylic acids is 1. The van der Waals surface area contributed by atoms with E-state index in [1.165, 1.54) is 0 Å². The van der Waals surface area contributed by atoms with E-state index in [1.807, 2.05) is 18.7 Å². The monoisotopic (exact) mass is 361 g/mol. The molecule has 1 aromatic carbocycles. The molecule has 1 unspecified atom stereocenters. The summed E-state index contributed by atoms with van der Waals surface area (Å²) >= 11 is 0. The van der Waals surface area contributed by atoms with Crippen LogP contribution in [0.15, 0.2) is 18.2 Å². The van der Waals surface area contributed by atoms with Crippen LogP contribution < -0.4 is 9.47 Å². The molecule has 142 valence electrons. The van der Waals surface area contributed by atoms with Crippen molar-refractivity contribution in [2.24, 2.45) is 11.3 Å². The van der Waals surface area contributed by atoms with Gasteiger partial charge in [-0.25, -0.2) is 0 Å². The van der Waals surface area contributed by atoms with Crippen LogP contribution in [0.1, 0.15) is 49.9 Å². The Labute approximate surface area is 154 Å². The molecule has 1 aliphatic heterocycles. The zero-order valence-electron chi connectivity index (χ0n) is 15.5. The van der Waals surface area contributed by atoms with Crippen LogP contribution in [-0.4, -0.2) is 48.2 Å². The van der Waals surface area contributed by atoms with Crippen LogP contribution in [0.2, 0.25) is 0 Å². The molecule has 1 saturated carbocycles. The minimum Gasteiger partial charge on any atom is -0.490 e. The van der Waals surface area contributed by atoms with Gasteiger partial charge in [-0.3, -0.25) is 9.59 Å². The van der Waals surface area contributed by atoms with Crippen LogP contribution in [0, 0.1) is 11.3 Å². The summed E-state index contributed by atoms with van der Waals surface area (Å²) in [5, 5.41) is 9.19. The number of carboxylic acid groups (broad SMARTS) is 1. The van der Waals surface area contributed by atoms with Crippen LogP contribution in [0.25, 0.3) is 0 Å². The van der Waals surface area contributed by atoms with Crippen molar-refractivity contribution < 1.29 is 24.2 Å². The highest BCUT2D eigenvalue weighted by molar-refractivity contribution is 5.95. The van der Waals surface area contributed by atoms with Gasteiger partial charge in [-0.1, -0.05) is 6.92 Å². The topological polar surface area (TPSA) is 76.1 Å². The average molecular weight is 361 g/mol. The average Bonchev–Trinajstić information content (AvgIpc) is 3.35. The molecule has 1 heterocycles. The molecule has 3 rings (SSSR count). The van der Waals surface area contributed by atoms with Crippen molar-refractivity contribution in [1.29, 1.82) is 0 Å². The van der Waals surface area contributed by atoms with Gasteiger partial charge < -0.3 is 19.5 Å². The van der Waals surface area contributed by atoms with Gasteiger partial charge in [-0.2, -0.15) is 0 Å². The molecular formula is C20H27NO5. The minimum atomic E-state index is -0.700. The number of likely N-dealkylation sites (tertiary alicyclic amines) is 1. The molecule has 1 aromatic rings. The Balaban J connectivity index is 1.66. The van der Waals surface area contributed by atoms with E-state index < -0.39 is 5.97 Å². The van der Waals surface area contributed by atoms with Gasteiger partial charge in [0.2, 0.25) is 0 Å². The number of amides is 1. The molecule has 2 aliphatic rings. The van der Waals surface area contributed by atoms with E-state index >= 15 is 0 Å². The first-order valence-corrected chi connectivity index (χ1v) is 9.42. The van der Waals surface area contributed by atoms with Gasteiger partial charge in [0.05, 0.1) is 19.1 Å². The Kier molecular flexibility index (Phi) is 5.39. The van der Waals surface area contributed by atoms with Crippen LogP contribution in [-0.2, 0) is 4.79 Å². The highest BCUT2D eigenvalue weighted by atomic mass is 16.5. The maximum Gasteiger partial charge on any atom is 0.307 e. The highest BCUT2D eigenvalue weighted by Gasteiger charge is 2.59. The zero-order valence-corrected chi connectivity index (χ0v) is 15.5. The highest BCUT2D eigenvalue weighted by Crippen LogP contribution is 2.59. The molecule has 1 aliphatic carbocycles. The van der Waals surface area contributed by atoms with Crippen molar-refractivity contribution in [2.75, 3.05) is 26.3 Å². The second-order valence-corrected chi connectivity index (χ2v) is 7.19. The number of carboxylic acids is 1. The summed E-state index contributed by atoms with van der Waals surface area (Å²) in [4.78, 5) is 25.8. The fourth-order valence-corrected chi connectivity index (χ4v) is 3.83. The number of piperidine rings is 1. The summed E-state index contributed by atoms with van der Waals surface area (Å²) in [5.74, 6) is 0.294. The predicted octanol–water partition coefficient (Wildman–Crippen LogP) is 3.20. The summed E-state index contributed by atoms with van der Waals surface area (Å²) in [5.41, 5.74) is 0.510. The summed E-state index contributed by atoms with van der Waals surface area (Å²) in [6.07, 6.45) is 3.19. The number of rotatable bonds is 7. The molecule has 0 aromatic heterocycles. The molecule has 0 radical (unpaired) electrons. The second-order valence-electron chi connectivity index (χ2n) is 7.19. The third-order valence-electron chi connectivity index (χ3n) is 5.49. The summed E-state index contributed by atoms with van der Waals surface area (Å²) in [7, 11) is 0. The minimum absolute atomic E-state index is 0.0321. The Morgan fingerprint density at radius 2 is 1.92 bits per heavy atom. The summed E-state index contributed by atoms with van der Waals surface area (Å²) in [6.45, 7) is 6.27. The Bertz CT molecular complexity index is 679.